The number of hydrogen-bond acceptors (Lipinski definition) is 5. The van der Waals surface area contributed by atoms with Gasteiger partial charge in [-0.25, -0.2) is 9.49 Å². The van der Waals surface area contributed by atoms with Gasteiger partial charge < -0.3 is 0 Å². The van der Waals surface area contributed by atoms with E-state index in [9.17, 15) is 14.0 Å². The Morgan fingerprint density at radius 2 is 1.79 bits per heavy atom. The average Bonchev–Trinajstić information content (AvgIpc) is 2.76. The van der Waals surface area contributed by atoms with Gasteiger partial charge in [0.25, 0.3) is 11.5 Å². The van der Waals surface area contributed by atoms with Crippen molar-refractivity contribution in [2.45, 2.75) is 6.42 Å². The lowest BCUT2D eigenvalue weighted by Gasteiger charge is -2.09. The highest BCUT2D eigenvalue weighted by Crippen LogP contribution is 2.15. The molecule has 2 aromatic heterocycles. The maximum Gasteiger partial charge on any atom is 0.273 e. The fraction of sp³-hybridized carbons (Fsp3) is 0.0476. The van der Waals surface area contributed by atoms with E-state index < -0.39 is 0 Å². The van der Waals surface area contributed by atoms with Gasteiger partial charge in [-0.15, -0.1) is 0 Å². The minimum absolute atomic E-state index is 0.280. The lowest BCUT2D eigenvalue weighted by molar-refractivity contribution is 0.0962. The van der Waals surface area contributed by atoms with Crippen molar-refractivity contribution < 1.29 is 9.18 Å². The number of carbonyl (C=O) groups is 1. The third-order valence-electron chi connectivity index (χ3n) is 4.37. The van der Waals surface area contributed by atoms with Crippen molar-refractivity contribution in [1.29, 1.82) is 0 Å². The predicted octanol–water partition coefficient (Wildman–Crippen LogP) is 2.80. The summed E-state index contributed by atoms with van der Waals surface area (Å²) in [6.45, 7) is 0. The van der Waals surface area contributed by atoms with Crippen LogP contribution in [0.5, 0.6) is 0 Å². The van der Waals surface area contributed by atoms with Crippen molar-refractivity contribution in [2.75, 3.05) is 5.43 Å². The van der Waals surface area contributed by atoms with Gasteiger partial charge in [-0.05, 0) is 54.1 Å². The Kier molecular flexibility index (Phi) is 4.98. The molecule has 1 amide bonds. The van der Waals surface area contributed by atoms with Crippen molar-refractivity contribution in [1.82, 2.24) is 20.6 Å². The van der Waals surface area contributed by atoms with Crippen LogP contribution in [-0.2, 0) is 6.42 Å². The Balaban J connectivity index is 1.45. The molecule has 29 heavy (non-hydrogen) atoms. The molecule has 0 atom stereocenters. The average molecular weight is 389 g/mol. The molecule has 144 valence electrons. The number of nitrogens with zero attached hydrogens (tertiary/aromatic N) is 2. The van der Waals surface area contributed by atoms with Crippen LogP contribution in [0.1, 0.15) is 21.6 Å². The highest BCUT2D eigenvalue weighted by Gasteiger charge is 2.10. The van der Waals surface area contributed by atoms with E-state index >= 15 is 0 Å². The van der Waals surface area contributed by atoms with E-state index in [0.29, 0.717) is 34.3 Å². The van der Waals surface area contributed by atoms with Crippen LogP contribution in [0.4, 0.5) is 10.1 Å². The second-order valence-electron chi connectivity index (χ2n) is 6.36. The largest absolute Gasteiger partial charge is 0.298 e. The van der Waals surface area contributed by atoms with Crippen LogP contribution in [0, 0.1) is 5.82 Å². The Hall–Kier alpha value is -4.07. The summed E-state index contributed by atoms with van der Waals surface area (Å²) < 4.78 is 12.9. The van der Waals surface area contributed by atoms with Crippen LogP contribution < -0.4 is 16.4 Å². The highest BCUT2D eigenvalue weighted by atomic mass is 19.1. The van der Waals surface area contributed by atoms with Crippen LogP contribution >= 0.6 is 0 Å². The number of hydrogen-bond donors (Lipinski definition) is 3. The third kappa shape index (κ3) is 4.11. The highest BCUT2D eigenvalue weighted by molar-refractivity contribution is 5.94. The quantitative estimate of drug-likeness (QED) is 0.456. The van der Waals surface area contributed by atoms with Gasteiger partial charge >= 0.3 is 0 Å². The van der Waals surface area contributed by atoms with E-state index in [4.69, 9.17) is 0 Å². The molecule has 2 aromatic carbocycles. The molecule has 0 bridgehead atoms. The Morgan fingerprint density at radius 3 is 2.55 bits per heavy atom. The van der Waals surface area contributed by atoms with Crippen molar-refractivity contribution in [3.05, 3.63) is 99.9 Å². The first-order valence-electron chi connectivity index (χ1n) is 8.83. The monoisotopic (exact) mass is 389 g/mol. The molecule has 3 N–H and O–H groups in total. The van der Waals surface area contributed by atoms with Gasteiger partial charge in [0.1, 0.15) is 5.82 Å². The molecule has 0 aliphatic rings. The molecule has 0 spiro atoms. The van der Waals surface area contributed by atoms with Crippen molar-refractivity contribution in [3.63, 3.8) is 0 Å². The number of fused-ring (bicyclic) bond motifs is 1. The first-order valence-corrected chi connectivity index (χ1v) is 8.83. The molecule has 8 heteroatoms. The summed E-state index contributed by atoms with van der Waals surface area (Å²) in [7, 11) is 0. The number of amides is 1. The SMILES string of the molecule is O=C(NNc1ccc(F)cc1)c1ccc(Cc2n[nH]c(=O)c3cccnc23)cc1. The number of nitrogens with one attached hydrogen (secondary N) is 3. The van der Waals surface area contributed by atoms with Crippen LogP contribution in [0.3, 0.4) is 0 Å². The fourth-order valence-electron chi connectivity index (χ4n) is 2.87. The lowest BCUT2D eigenvalue weighted by Crippen LogP contribution is -2.29. The first-order chi connectivity index (χ1) is 14.1. The van der Waals surface area contributed by atoms with Crippen LogP contribution in [0.25, 0.3) is 10.9 Å². The van der Waals surface area contributed by atoms with Gasteiger partial charge in [-0.2, -0.15) is 5.10 Å². The minimum Gasteiger partial charge on any atom is -0.298 e. The predicted molar refractivity (Wildman–Crippen MR) is 107 cm³/mol. The number of aromatic nitrogens is 3. The number of carbonyl (C=O) groups excluding carboxylic acids is 1. The zero-order valence-electron chi connectivity index (χ0n) is 15.1. The summed E-state index contributed by atoms with van der Waals surface area (Å²) in [6.07, 6.45) is 2.08. The maximum atomic E-state index is 12.9. The maximum absolute atomic E-state index is 12.9. The minimum atomic E-state index is -0.350. The van der Waals surface area contributed by atoms with Gasteiger partial charge in [0.05, 0.1) is 22.3 Å². The summed E-state index contributed by atoms with van der Waals surface area (Å²) >= 11 is 0. The van der Waals surface area contributed by atoms with Crippen molar-refractivity contribution in [3.8, 4) is 0 Å². The van der Waals surface area contributed by atoms with Crippen molar-refractivity contribution >= 4 is 22.5 Å². The van der Waals surface area contributed by atoms with Gasteiger partial charge in [0.2, 0.25) is 0 Å². The van der Waals surface area contributed by atoms with Gasteiger partial charge in [0.15, 0.2) is 0 Å². The molecule has 0 saturated heterocycles. The summed E-state index contributed by atoms with van der Waals surface area (Å²) in [5.41, 5.74) is 8.16. The molecule has 2 heterocycles. The van der Waals surface area contributed by atoms with E-state index in [-0.39, 0.29) is 17.3 Å². The van der Waals surface area contributed by atoms with Crippen LogP contribution in [-0.4, -0.2) is 21.1 Å². The van der Waals surface area contributed by atoms with Gasteiger partial charge in [0, 0.05) is 18.2 Å². The number of hydrazine groups is 1. The molecule has 0 aliphatic heterocycles. The Bertz CT molecular complexity index is 1220. The summed E-state index contributed by atoms with van der Waals surface area (Å²) in [6, 6.07) is 16.1. The first kappa shape index (κ1) is 18.3. The zero-order chi connectivity index (χ0) is 20.2. The molecular formula is C21H16FN5O2. The Morgan fingerprint density at radius 1 is 1.03 bits per heavy atom. The molecule has 0 unspecified atom stereocenters. The molecule has 4 aromatic rings. The fourth-order valence-corrected chi connectivity index (χ4v) is 2.87. The zero-order valence-corrected chi connectivity index (χ0v) is 15.1. The number of halogens is 1. The number of aromatic amines is 1. The van der Waals surface area contributed by atoms with Crippen molar-refractivity contribution in [2.24, 2.45) is 0 Å². The molecule has 7 nitrogen and oxygen atoms in total. The normalized spacial score (nSPS) is 10.7. The van der Waals surface area contributed by atoms with E-state index in [1.54, 1.807) is 30.5 Å². The number of pyridine rings is 1. The van der Waals surface area contributed by atoms with Crippen LogP contribution in [0.2, 0.25) is 0 Å². The molecule has 0 fully saturated rings. The molecule has 0 radical (unpaired) electrons. The third-order valence-corrected chi connectivity index (χ3v) is 4.37. The van der Waals surface area contributed by atoms with Gasteiger partial charge in [-0.3, -0.25) is 25.4 Å². The molecule has 0 saturated carbocycles. The van der Waals surface area contributed by atoms with E-state index in [2.05, 4.69) is 26.0 Å². The molecular weight excluding hydrogens is 373 g/mol. The van der Waals surface area contributed by atoms with E-state index in [1.165, 1.54) is 24.3 Å². The summed E-state index contributed by atoms with van der Waals surface area (Å²) in [5, 5.41) is 7.09. The molecule has 4 rings (SSSR count). The van der Waals surface area contributed by atoms with E-state index in [0.717, 1.165) is 5.56 Å². The summed E-state index contributed by atoms with van der Waals surface area (Å²) in [4.78, 5) is 28.4. The second kappa shape index (κ2) is 7.89. The second-order valence-corrected chi connectivity index (χ2v) is 6.36. The lowest BCUT2D eigenvalue weighted by atomic mass is 10.1. The number of anilines is 1. The Labute approximate surface area is 164 Å². The van der Waals surface area contributed by atoms with Gasteiger partial charge in [-0.1, -0.05) is 12.1 Å². The smallest absolute Gasteiger partial charge is 0.273 e. The number of rotatable bonds is 5. The number of H-pyrrole nitrogens is 1. The topological polar surface area (TPSA) is 99.8 Å². The van der Waals surface area contributed by atoms with Crippen LogP contribution in [0.15, 0.2) is 71.7 Å². The standard InChI is InChI=1S/C21H16FN5O2/c22-15-7-9-16(10-8-15)24-26-20(28)14-5-3-13(4-6-14)12-18-19-17(2-1-11-23-19)21(29)27-25-18/h1-11,24H,12H2,(H,26,28)(H,27,29). The number of benzene rings is 2. The molecule has 0 aliphatic carbocycles. The van der Waals surface area contributed by atoms with E-state index in [1.807, 2.05) is 12.1 Å². The summed E-state index contributed by atoms with van der Waals surface area (Å²) in [5.74, 6) is -0.674.